The molecule has 2 aromatic rings. The van der Waals surface area contributed by atoms with Gasteiger partial charge in [-0.15, -0.1) is 0 Å². The Balaban J connectivity index is 1.79. The number of esters is 1. The highest BCUT2D eigenvalue weighted by Crippen LogP contribution is 2.32. The second-order valence-corrected chi connectivity index (χ2v) is 6.38. The topological polar surface area (TPSA) is 54.0 Å². The summed E-state index contributed by atoms with van der Waals surface area (Å²) >= 11 is 9.44. The fraction of sp³-hybridized carbons (Fsp3) is 0.235. The molecule has 0 amide bonds. The highest BCUT2D eigenvalue weighted by molar-refractivity contribution is 9.10. The highest BCUT2D eigenvalue weighted by Gasteiger charge is 2.19. The molecule has 0 atom stereocenters. The van der Waals surface area contributed by atoms with Crippen molar-refractivity contribution < 1.29 is 23.7 Å². The Bertz CT molecular complexity index is 778. The summed E-state index contributed by atoms with van der Waals surface area (Å²) in [5, 5.41) is 0.538. The SMILES string of the molecule is COc1ccc(Br)c(C(=O)OCc2cc(Cl)cc3c2OCOC3)c1. The Kier molecular flexibility index (Phi) is 5.28. The predicted molar refractivity (Wildman–Crippen MR) is 91.5 cm³/mol. The van der Waals surface area contributed by atoms with E-state index < -0.39 is 5.97 Å². The van der Waals surface area contributed by atoms with E-state index >= 15 is 0 Å². The summed E-state index contributed by atoms with van der Waals surface area (Å²) in [5.74, 6) is 0.760. The molecule has 2 aromatic carbocycles. The smallest absolute Gasteiger partial charge is 0.339 e. The average Bonchev–Trinajstić information content (AvgIpc) is 2.59. The lowest BCUT2D eigenvalue weighted by Crippen LogP contribution is -2.14. The van der Waals surface area contributed by atoms with E-state index in [0.717, 1.165) is 5.56 Å². The number of rotatable bonds is 4. The quantitative estimate of drug-likeness (QED) is 0.698. The van der Waals surface area contributed by atoms with Gasteiger partial charge in [-0.3, -0.25) is 0 Å². The molecule has 0 radical (unpaired) electrons. The van der Waals surface area contributed by atoms with Crippen LogP contribution in [0.4, 0.5) is 0 Å². The van der Waals surface area contributed by atoms with E-state index in [1.807, 2.05) is 0 Å². The maximum absolute atomic E-state index is 12.4. The van der Waals surface area contributed by atoms with Crippen LogP contribution in [0.15, 0.2) is 34.8 Å². The minimum Gasteiger partial charge on any atom is -0.497 e. The van der Waals surface area contributed by atoms with Gasteiger partial charge in [0.15, 0.2) is 6.79 Å². The Labute approximate surface area is 152 Å². The summed E-state index contributed by atoms with van der Waals surface area (Å²) in [6.45, 7) is 0.626. The number of halogens is 2. The summed E-state index contributed by atoms with van der Waals surface area (Å²) in [7, 11) is 1.54. The molecule has 0 fully saturated rings. The first-order chi connectivity index (χ1) is 11.6. The van der Waals surface area contributed by atoms with Crippen molar-refractivity contribution in [3.63, 3.8) is 0 Å². The zero-order chi connectivity index (χ0) is 17.1. The van der Waals surface area contributed by atoms with Crippen molar-refractivity contribution >= 4 is 33.5 Å². The number of carbonyl (C=O) groups excluding carboxylic acids is 1. The molecule has 0 saturated heterocycles. The molecule has 0 N–H and O–H groups in total. The molecular weight excluding hydrogens is 400 g/mol. The Morgan fingerprint density at radius 2 is 2.17 bits per heavy atom. The van der Waals surface area contributed by atoms with Crippen molar-refractivity contribution in [2.24, 2.45) is 0 Å². The molecule has 1 heterocycles. The number of hydrogen-bond acceptors (Lipinski definition) is 5. The molecule has 24 heavy (non-hydrogen) atoms. The third-order valence-electron chi connectivity index (χ3n) is 3.50. The Morgan fingerprint density at radius 1 is 1.33 bits per heavy atom. The Morgan fingerprint density at radius 3 is 2.96 bits per heavy atom. The van der Waals surface area contributed by atoms with Crippen molar-refractivity contribution in [1.82, 2.24) is 0 Å². The van der Waals surface area contributed by atoms with E-state index in [-0.39, 0.29) is 13.4 Å². The summed E-state index contributed by atoms with van der Waals surface area (Å²) < 4.78 is 21.9. The molecule has 7 heteroatoms. The van der Waals surface area contributed by atoms with Gasteiger partial charge in [-0.2, -0.15) is 0 Å². The molecule has 0 unspecified atom stereocenters. The first kappa shape index (κ1) is 17.1. The standard InChI is InChI=1S/C17H14BrClO5/c1-21-13-2-3-15(18)14(6-13)17(20)23-8-11-5-12(19)4-10-7-22-9-24-16(10)11/h2-6H,7-9H2,1H3. The van der Waals surface area contributed by atoms with Crippen LogP contribution in [0.25, 0.3) is 0 Å². The van der Waals surface area contributed by atoms with Crippen molar-refractivity contribution in [1.29, 1.82) is 0 Å². The van der Waals surface area contributed by atoms with E-state index in [4.69, 9.17) is 30.5 Å². The maximum Gasteiger partial charge on any atom is 0.339 e. The third-order valence-corrected chi connectivity index (χ3v) is 4.41. The summed E-state index contributed by atoms with van der Waals surface area (Å²) in [6, 6.07) is 8.60. The van der Waals surface area contributed by atoms with Crippen molar-refractivity contribution in [2.75, 3.05) is 13.9 Å². The van der Waals surface area contributed by atoms with Gasteiger partial charge < -0.3 is 18.9 Å². The van der Waals surface area contributed by atoms with Crippen molar-refractivity contribution in [3.8, 4) is 11.5 Å². The van der Waals surface area contributed by atoms with Crippen LogP contribution in [-0.4, -0.2) is 19.9 Å². The van der Waals surface area contributed by atoms with Crippen LogP contribution >= 0.6 is 27.5 Å². The molecule has 126 valence electrons. The van der Waals surface area contributed by atoms with E-state index in [9.17, 15) is 4.79 Å². The molecule has 1 aliphatic heterocycles. The normalized spacial score (nSPS) is 13.0. The fourth-order valence-corrected chi connectivity index (χ4v) is 3.04. The van der Waals surface area contributed by atoms with Crippen molar-refractivity contribution in [3.05, 3.63) is 56.5 Å². The summed E-state index contributed by atoms with van der Waals surface area (Å²) in [5.41, 5.74) is 1.92. The van der Waals surface area contributed by atoms with E-state index in [1.165, 1.54) is 7.11 Å². The van der Waals surface area contributed by atoms with Gasteiger partial charge in [0.25, 0.3) is 0 Å². The summed E-state index contributed by atoms with van der Waals surface area (Å²) in [4.78, 5) is 12.4. The van der Waals surface area contributed by atoms with Gasteiger partial charge in [-0.1, -0.05) is 11.6 Å². The van der Waals surface area contributed by atoms with Gasteiger partial charge in [0.05, 0.1) is 19.3 Å². The van der Waals surface area contributed by atoms with Gasteiger partial charge in [0.1, 0.15) is 18.1 Å². The van der Waals surface area contributed by atoms with Gasteiger partial charge in [-0.25, -0.2) is 4.79 Å². The molecule has 5 nitrogen and oxygen atoms in total. The molecule has 0 saturated carbocycles. The van der Waals surface area contributed by atoms with Gasteiger partial charge in [0.2, 0.25) is 0 Å². The average molecular weight is 414 g/mol. The van der Waals surface area contributed by atoms with Crippen LogP contribution in [0.2, 0.25) is 5.02 Å². The largest absolute Gasteiger partial charge is 0.497 e. The van der Waals surface area contributed by atoms with Crippen LogP contribution in [0.3, 0.4) is 0 Å². The molecule has 0 spiro atoms. The minimum atomic E-state index is -0.471. The second kappa shape index (κ2) is 7.42. The highest BCUT2D eigenvalue weighted by atomic mass is 79.9. The maximum atomic E-state index is 12.4. The number of hydrogen-bond donors (Lipinski definition) is 0. The lowest BCUT2D eigenvalue weighted by atomic mass is 10.1. The first-order valence-corrected chi connectivity index (χ1v) is 8.28. The zero-order valence-corrected chi connectivity index (χ0v) is 15.1. The van der Waals surface area contributed by atoms with Crippen LogP contribution < -0.4 is 9.47 Å². The molecule has 3 rings (SSSR count). The molecule has 0 aromatic heterocycles. The monoisotopic (exact) mass is 412 g/mol. The molecular formula is C17H14BrClO5. The predicted octanol–water partition coefficient (Wildman–Crippen LogP) is 4.33. The fourth-order valence-electron chi connectivity index (χ4n) is 2.37. The van der Waals surface area contributed by atoms with Crippen LogP contribution in [0.5, 0.6) is 11.5 Å². The van der Waals surface area contributed by atoms with E-state index in [0.29, 0.717) is 38.7 Å². The van der Waals surface area contributed by atoms with Crippen LogP contribution in [0, 0.1) is 0 Å². The number of methoxy groups -OCH3 is 1. The molecule has 0 aliphatic carbocycles. The number of fused-ring (bicyclic) bond motifs is 1. The van der Waals surface area contributed by atoms with Crippen molar-refractivity contribution in [2.45, 2.75) is 13.2 Å². The van der Waals surface area contributed by atoms with Crippen LogP contribution in [-0.2, 0) is 22.7 Å². The number of ether oxygens (including phenoxy) is 4. The third kappa shape index (κ3) is 3.66. The van der Waals surface area contributed by atoms with Gasteiger partial charge >= 0.3 is 5.97 Å². The van der Waals surface area contributed by atoms with Crippen LogP contribution in [0.1, 0.15) is 21.5 Å². The number of carbonyl (C=O) groups is 1. The second-order valence-electron chi connectivity index (χ2n) is 5.09. The molecule has 0 bridgehead atoms. The Hall–Kier alpha value is -1.76. The molecule has 1 aliphatic rings. The first-order valence-electron chi connectivity index (χ1n) is 7.11. The minimum absolute atomic E-state index is 0.0470. The zero-order valence-electron chi connectivity index (χ0n) is 12.8. The van der Waals surface area contributed by atoms with Gasteiger partial charge in [0, 0.05) is 20.6 Å². The lowest BCUT2D eigenvalue weighted by molar-refractivity contribution is -0.0180. The van der Waals surface area contributed by atoms with Gasteiger partial charge in [-0.05, 0) is 46.3 Å². The number of benzene rings is 2. The lowest BCUT2D eigenvalue weighted by Gasteiger charge is -2.21. The van der Waals surface area contributed by atoms with E-state index in [1.54, 1.807) is 30.3 Å². The van der Waals surface area contributed by atoms with E-state index in [2.05, 4.69) is 15.9 Å². The summed E-state index contributed by atoms with van der Waals surface area (Å²) in [6.07, 6.45) is 0.